The predicted octanol–water partition coefficient (Wildman–Crippen LogP) is 1.84. The smallest absolute Gasteiger partial charge is 0.185 e. The molecule has 0 amide bonds. The summed E-state index contributed by atoms with van der Waals surface area (Å²) in [5.41, 5.74) is 6.95. The van der Waals surface area contributed by atoms with Crippen LogP contribution in [0.4, 0.5) is 5.13 Å². The van der Waals surface area contributed by atoms with Crippen molar-refractivity contribution in [3.63, 3.8) is 0 Å². The fourth-order valence-corrected chi connectivity index (χ4v) is 2.79. The van der Waals surface area contributed by atoms with Crippen molar-refractivity contribution in [2.75, 3.05) is 11.9 Å². The van der Waals surface area contributed by atoms with Gasteiger partial charge in [-0.15, -0.1) is 11.3 Å². The lowest BCUT2D eigenvalue weighted by atomic mass is 10.2. The SMILES string of the molecule is Cc1nc(N(C)Cc2nccn2C)sc1C(C)N. The van der Waals surface area contributed by atoms with E-state index in [4.69, 9.17) is 5.73 Å². The highest BCUT2D eigenvalue weighted by Crippen LogP contribution is 2.29. The second-order valence-corrected chi connectivity index (χ2v) is 5.55. The minimum atomic E-state index is 0.0396. The molecule has 2 aromatic heterocycles. The Morgan fingerprint density at radius 3 is 2.78 bits per heavy atom. The van der Waals surface area contributed by atoms with Crippen molar-refractivity contribution in [2.24, 2.45) is 12.8 Å². The highest BCUT2D eigenvalue weighted by Gasteiger charge is 2.15. The number of thiazole rings is 1. The first-order chi connectivity index (χ1) is 8.49. The zero-order valence-corrected chi connectivity index (χ0v) is 12.0. The van der Waals surface area contributed by atoms with Gasteiger partial charge in [-0.25, -0.2) is 9.97 Å². The van der Waals surface area contributed by atoms with Gasteiger partial charge in [0, 0.05) is 37.4 Å². The summed E-state index contributed by atoms with van der Waals surface area (Å²) in [4.78, 5) is 12.1. The van der Waals surface area contributed by atoms with Crippen molar-refractivity contribution in [1.82, 2.24) is 14.5 Å². The van der Waals surface area contributed by atoms with Crippen molar-refractivity contribution in [3.05, 3.63) is 28.8 Å². The van der Waals surface area contributed by atoms with Gasteiger partial charge < -0.3 is 15.2 Å². The molecule has 18 heavy (non-hydrogen) atoms. The van der Waals surface area contributed by atoms with Crippen molar-refractivity contribution in [1.29, 1.82) is 0 Å². The van der Waals surface area contributed by atoms with Gasteiger partial charge in [-0.3, -0.25) is 0 Å². The van der Waals surface area contributed by atoms with E-state index in [0.29, 0.717) is 0 Å². The maximum atomic E-state index is 5.92. The van der Waals surface area contributed by atoms with E-state index >= 15 is 0 Å². The lowest BCUT2D eigenvalue weighted by Crippen LogP contribution is -2.18. The zero-order chi connectivity index (χ0) is 13.3. The summed E-state index contributed by atoms with van der Waals surface area (Å²) in [7, 11) is 4.02. The van der Waals surface area contributed by atoms with Crippen LogP contribution in [-0.4, -0.2) is 21.6 Å². The molecule has 6 heteroatoms. The largest absolute Gasteiger partial charge is 0.344 e. The number of hydrogen-bond acceptors (Lipinski definition) is 5. The third kappa shape index (κ3) is 2.54. The van der Waals surface area contributed by atoms with Gasteiger partial charge in [-0.1, -0.05) is 0 Å². The number of aromatic nitrogens is 3. The molecule has 0 aromatic carbocycles. The molecule has 1 atom stereocenters. The molecule has 0 radical (unpaired) electrons. The predicted molar refractivity (Wildman–Crippen MR) is 74.8 cm³/mol. The molecule has 0 aliphatic carbocycles. The van der Waals surface area contributed by atoms with E-state index in [1.807, 2.05) is 44.9 Å². The standard InChI is InChI=1S/C12H19N5S/c1-8(13)11-9(2)15-12(18-11)17(4)7-10-14-5-6-16(10)3/h5-6,8H,7,13H2,1-4H3. The highest BCUT2D eigenvalue weighted by molar-refractivity contribution is 7.15. The van der Waals surface area contributed by atoms with Gasteiger partial charge in [0.2, 0.25) is 0 Å². The summed E-state index contributed by atoms with van der Waals surface area (Å²) < 4.78 is 2.02. The first kappa shape index (κ1) is 13.0. The van der Waals surface area contributed by atoms with Crippen LogP contribution in [0.5, 0.6) is 0 Å². The third-order valence-corrected chi connectivity index (χ3v) is 4.33. The quantitative estimate of drug-likeness (QED) is 0.916. The van der Waals surface area contributed by atoms with Crippen molar-refractivity contribution in [2.45, 2.75) is 26.4 Å². The minimum absolute atomic E-state index is 0.0396. The Bertz CT molecular complexity index is 528. The fraction of sp³-hybridized carbons (Fsp3) is 0.500. The van der Waals surface area contributed by atoms with E-state index in [9.17, 15) is 0 Å². The maximum Gasteiger partial charge on any atom is 0.185 e. The van der Waals surface area contributed by atoms with Crippen LogP contribution in [0.2, 0.25) is 0 Å². The number of nitrogens with two attached hydrogens (primary N) is 1. The maximum absolute atomic E-state index is 5.92. The Hall–Kier alpha value is -1.40. The number of imidazole rings is 1. The molecule has 0 aliphatic heterocycles. The van der Waals surface area contributed by atoms with Crippen LogP contribution in [0.25, 0.3) is 0 Å². The molecule has 2 aromatic rings. The summed E-state index contributed by atoms with van der Waals surface area (Å²) in [6, 6.07) is 0.0396. The van der Waals surface area contributed by atoms with Crippen molar-refractivity contribution >= 4 is 16.5 Å². The van der Waals surface area contributed by atoms with Crippen LogP contribution < -0.4 is 10.6 Å². The third-order valence-electron chi connectivity index (χ3n) is 2.86. The number of rotatable bonds is 4. The summed E-state index contributed by atoms with van der Waals surface area (Å²) in [5, 5.41) is 0.989. The minimum Gasteiger partial charge on any atom is -0.344 e. The van der Waals surface area contributed by atoms with E-state index in [2.05, 4.69) is 14.9 Å². The lowest BCUT2D eigenvalue weighted by molar-refractivity contribution is 0.759. The molecule has 98 valence electrons. The molecule has 0 fully saturated rings. The molecule has 0 saturated heterocycles. The highest BCUT2D eigenvalue weighted by atomic mass is 32.1. The Kier molecular flexibility index (Phi) is 3.68. The second kappa shape index (κ2) is 5.07. The molecular formula is C12H19N5S. The molecular weight excluding hydrogens is 246 g/mol. The molecule has 2 rings (SSSR count). The van der Waals surface area contributed by atoms with Crippen molar-refractivity contribution < 1.29 is 0 Å². The van der Waals surface area contributed by atoms with Crippen LogP contribution >= 0.6 is 11.3 Å². The topological polar surface area (TPSA) is 60.0 Å². The lowest BCUT2D eigenvalue weighted by Gasteiger charge is -2.15. The number of anilines is 1. The van der Waals surface area contributed by atoms with E-state index in [1.165, 1.54) is 0 Å². The molecule has 0 saturated carbocycles. The summed E-state index contributed by atoms with van der Waals surface area (Å²) >= 11 is 1.66. The van der Waals surface area contributed by atoms with E-state index in [-0.39, 0.29) is 6.04 Å². The Balaban J connectivity index is 2.16. The molecule has 5 nitrogen and oxygen atoms in total. The normalized spacial score (nSPS) is 12.7. The molecule has 2 heterocycles. The van der Waals surface area contributed by atoms with Gasteiger partial charge in [0.25, 0.3) is 0 Å². The Morgan fingerprint density at radius 2 is 2.28 bits per heavy atom. The molecule has 1 unspecified atom stereocenters. The number of aryl methyl sites for hydroxylation is 2. The molecule has 0 aliphatic rings. The number of hydrogen-bond donors (Lipinski definition) is 1. The molecule has 0 bridgehead atoms. The van der Waals surface area contributed by atoms with E-state index < -0.39 is 0 Å². The number of nitrogens with zero attached hydrogens (tertiary/aromatic N) is 4. The van der Waals surface area contributed by atoms with Crippen LogP contribution in [0.15, 0.2) is 12.4 Å². The summed E-state index contributed by atoms with van der Waals surface area (Å²) in [5.74, 6) is 1.02. The van der Waals surface area contributed by atoms with Gasteiger partial charge in [0.1, 0.15) is 5.82 Å². The average Bonchev–Trinajstić information content (AvgIpc) is 2.86. The summed E-state index contributed by atoms with van der Waals surface area (Å²) in [6.07, 6.45) is 3.76. The van der Waals surface area contributed by atoms with Crippen LogP contribution in [0, 0.1) is 6.92 Å². The van der Waals surface area contributed by atoms with Gasteiger partial charge in [-0.05, 0) is 13.8 Å². The van der Waals surface area contributed by atoms with Gasteiger partial charge in [0.15, 0.2) is 5.13 Å². The van der Waals surface area contributed by atoms with Crippen LogP contribution in [-0.2, 0) is 13.6 Å². The van der Waals surface area contributed by atoms with E-state index in [1.54, 1.807) is 11.3 Å². The zero-order valence-electron chi connectivity index (χ0n) is 11.2. The average molecular weight is 265 g/mol. The Morgan fingerprint density at radius 1 is 1.56 bits per heavy atom. The first-order valence-corrected chi connectivity index (χ1v) is 6.71. The van der Waals surface area contributed by atoms with Gasteiger partial charge in [-0.2, -0.15) is 0 Å². The Labute approximate surface area is 111 Å². The van der Waals surface area contributed by atoms with E-state index in [0.717, 1.165) is 28.1 Å². The van der Waals surface area contributed by atoms with Gasteiger partial charge >= 0.3 is 0 Å². The fourth-order valence-electron chi connectivity index (χ4n) is 1.81. The monoisotopic (exact) mass is 265 g/mol. The van der Waals surface area contributed by atoms with Crippen LogP contribution in [0.3, 0.4) is 0 Å². The van der Waals surface area contributed by atoms with Gasteiger partial charge in [0.05, 0.1) is 12.2 Å². The summed E-state index contributed by atoms with van der Waals surface area (Å²) in [6.45, 7) is 4.74. The van der Waals surface area contributed by atoms with Crippen LogP contribution in [0.1, 0.15) is 29.4 Å². The molecule has 2 N–H and O–H groups in total. The second-order valence-electron chi connectivity index (χ2n) is 4.55. The van der Waals surface area contributed by atoms with Crippen molar-refractivity contribution in [3.8, 4) is 0 Å². The first-order valence-electron chi connectivity index (χ1n) is 5.89. The molecule has 0 spiro atoms.